The summed E-state index contributed by atoms with van der Waals surface area (Å²) in [5.74, 6) is 0.213. The van der Waals surface area contributed by atoms with Gasteiger partial charge in [0.1, 0.15) is 0 Å². The fourth-order valence-electron chi connectivity index (χ4n) is 3.31. The maximum Gasteiger partial charge on any atom is 0.242 e. The summed E-state index contributed by atoms with van der Waals surface area (Å²) < 4.78 is 0. The van der Waals surface area contributed by atoms with E-state index in [0.29, 0.717) is 0 Å². The summed E-state index contributed by atoms with van der Waals surface area (Å²) in [6, 6.07) is 0. The van der Waals surface area contributed by atoms with Gasteiger partial charge < -0.3 is 10.6 Å². The zero-order valence-corrected chi connectivity index (χ0v) is 11.3. The van der Waals surface area contributed by atoms with Crippen LogP contribution in [0.4, 0.5) is 0 Å². The van der Waals surface area contributed by atoms with Crippen molar-refractivity contribution in [2.75, 3.05) is 13.1 Å². The smallest absolute Gasteiger partial charge is 0.242 e. The van der Waals surface area contributed by atoms with Crippen molar-refractivity contribution < 1.29 is 4.79 Å². The van der Waals surface area contributed by atoms with Gasteiger partial charge in [-0.25, -0.2) is 0 Å². The van der Waals surface area contributed by atoms with Gasteiger partial charge in [0.2, 0.25) is 5.91 Å². The van der Waals surface area contributed by atoms with E-state index in [-0.39, 0.29) is 11.3 Å². The molecule has 1 saturated heterocycles. The van der Waals surface area contributed by atoms with Gasteiger partial charge in [0.15, 0.2) is 0 Å². The quantitative estimate of drug-likeness (QED) is 0.762. The zero-order valence-electron chi connectivity index (χ0n) is 11.3. The van der Waals surface area contributed by atoms with E-state index in [1.165, 1.54) is 12.8 Å². The molecular weight excluding hydrogens is 212 g/mol. The minimum absolute atomic E-state index is 0.213. The van der Waals surface area contributed by atoms with Gasteiger partial charge in [-0.3, -0.25) is 4.79 Å². The highest BCUT2D eigenvalue weighted by molar-refractivity contribution is 5.86. The second-order valence-corrected chi connectivity index (χ2v) is 6.71. The molecule has 0 aromatic rings. The highest BCUT2D eigenvalue weighted by Crippen LogP contribution is 2.33. The van der Waals surface area contributed by atoms with E-state index in [0.717, 1.165) is 45.2 Å². The lowest BCUT2D eigenvalue weighted by molar-refractivity contribution is -0.141. The van der Waals surface area contributed by atoms with Crippen molar-refractivity contribution in [1.29, 1.82) is 0 Å². The monoisotopic (exact) mass is 238 g/mol. The molecule has 3 nitrogen and oxygen atoms in total. The number of piperidine rings is 1. The fraction of sp³-hybridized carbons (Fsp3) is 0.929. The lowest BCUT2D eigenvalue weighted by Crippen LogP contribution is -2.58. The minimum Gasteiger partial charge on any atom is -0.341 e. The lowest BCUT2D eigenvalue weighted by Gasteiger charge is -2.43. The number of rotatable bonds is 1. The van der Waals surface area contributed by atoms with Crippen LogP contribution in [-0.2, 0) is 4.79 Å². The van der Waals surface area contributed by atoms with E-state index in [1.807, 2.05) is 4.90 Å². The number of hydrogen-bond donors (Lipinski definition) is 1. The molecule has 0 aromatic heterocycles. The molecule has 1 aliphatic carbocycles. The first kappa shape index (κ1) is 12.9. The molecule has 0 aromatic carbocycles. The normalized spacial score (nSPS) is 27.8. The van der Waals surface area contributed by atoms with Crippen LogP contribution in [0.2, 0.25) is 0 Å². The van der Waals surface area contributed by atoms with Crippen LogP contribution in [0.5, 0.6) is 0 Å². The molecule has 1 amide bonds. The third-order valence-electron chi connectivity index (χ3n) is 4.36. The maximum absolute atomic E-state index is 12.6. The summed E-state index contributed by atoms with van der Waals surface area (Å²) in [7, 11) is 0. The summed E-state index contributed by atoms with van der Waals surface area (Å²) in [4.78, 5) is 14.6. The average Bonchev–Trinajstić information content (AvgIpc) is 2.27. The van der Waals surface area contributed by atoms with E-state index in [4.69, 9.17) is 5.73 Å². The van der Waals surface area contributed by atoms with Crippen molar-refractivity contribution in [3.63, 3.8) is 0 Å². The van der Waals surface area contributed by atoms with Crippen LogP contribution in [0.25, 0.3) is 0 Å². The van der Waals surface area contributed by atoms with Crippen molar-refractivity contribution in [2.45, 2.75) is 64.3 Å². The topological polar surface area (TPSA) is 46.3 Å². The molecule has 1 saturated carbocycles. The van der Waals surface area contributed by atoms with Crippen LogP contribution in [0.15, 0.2) is 0 Å². The van der Waals surface area contributed by atoms with Crippen LogP contribution in [0.1, 0.15) is 58.8 Å². The minimum atomic E-state index is -0.550. The molecule has 1 heterocycles. The zero-order chi connectivity index (χ0) is 12.5. The summed E-state index contributed by atoms with van der Waals surface area (Å²) in [5.41, 5.74) is 6.04. The van der Waals surface area contributed by atoms with E-state index < -0.39 is 5.54 Å². The summed E-state index contributed by atoms with van der Waals surface area (Å²) >= 11 is 0. The Hall–Kier alpha value is -0.570. The van der Waals surface area contributed by atoms with Crippen LogP contribution >= 0.6 is 0 Å². The molecule has 0 radical (unpaired) electrons. The Labute approximate surface area is 105 Å². The Balaban J connectivity index is 2.03. The van der Waals surface area contributed by atoms with Crippen molar-refractivity contribution in [3.8, 4) is 0 Å². The standard InChI is InChI=1S/C14H26N2O/c1-13(2)7-6-10-16(11-13)12(17)14(15)8-4-3-5-9-14/h3-11,15H2,1-2H3. The van der Waals surface area contributed by atoms with Gasteiger partial charge in [-0.2, -0.15) is 0 Å². The van der Waals surface area contributed by atoms with Crippen molar-refractivity contribution in [2.24, 2.45) is 11.1 Å². The van der Waals surface area contributed by atoms with Gasteiger partial charge in [0.25, 0.3) is 0 Å². The molecule has 3 heteroatoms. The second kappa shape index (κ2) is 4.60. The number of likely N-dealkylation sites (tertiary alicyclic amines) is 1. The number of nitrogens with two attached hydrogens (primary N) is 1. The molecule has 17 heavy (non-hydrogen) atoms. The van der Waals surface area contributed by atoms with Gasteiger partial charge in [0, 0.05) is 13.1 Å². The molecule has 2 rings (SSSR count). The third-order valence-corrected chi connectivity index (χ3v) is 4.36. The highest BCUT2D eigenvalue weighted by atomic mass is 16.2. The molecule has 98 valence electrons. The Morgan fingerprint density at radius 1 is 1.06 bits per heavy atom. The van der Waals surface area contributed by atoms with Gasteiger partial charge in [-0.15, -0.1) is 0 Å². The van der Waals surface area contributed by atoms with Crippen molar-refractivity contribution in [3.05, 3.63) is 0 Å². The first-order valence-corrected chi connectivity index (χ1v) is 7.01. The lowest BCUT2D eigenvalue weighted by atomic mass is 9.79. The maximum atomic E-state index is 12.6. The largest absolute Gasteiger partial charge is 0.341 e. The van der Waals surface area contributed by atoms with Gasteiger partial charge >= 0.3 is 0 Å². The van der Waals surface area contributed by atoms with E-state index in [2.05, 4.69) is 13.8 Å². The molecule has 0 atom stereocenters. The molecule has 2 aliphatic rings. The SMILES string of the molecule is CC1(C)CCCN(C(=O)C2(N)CCCCC2)C1. The second-order valence-electron chi connectivity index (χ2n) is 6.71. The molecule has 2 N–H and O–H groups in total. The highest BCUT2D eigenvalue weighted by Gasteiger charge is 2.40. The number of carbonyl (C=O) groups excluding carboxylic acids is 1. The molecule has 0 unspecified atom stereocenters. The van der Waals surface area contributed by atoms with E-state index in [9.17, 15) is 4.79 Å². The number of hydrogen-bond acceptors (Lipinski definition) is 2. The molecular formula is C14H26N2O. The Kier molecular flexibility index (Phi) is 3.48. The van der Waals surface area contributed by atoms with Crippen LogP contribution < -0.4 is 5.73 Å². The van der Waals surface area contributed by atoms with Crippen molar-refractivity contribution in [1.82, 2.24) is 4.90 Å². The van der Waals surface area contributed by atoms with Gasteiger partial charge in [0.05, 0.1) is 5.54 Å². The Morgan fingerprint density at radius 2 is 1.71 bits per heavy atom. The van der Waals surface area contributed by atoms with Gasteiger partial charge in [-0.1, -0.05) is 33.1 Å². The predicted molar refractivity (Wildman–Crippen MR) is 69.6 cm³/mol. The predicted octanol–water partition coefficient (Wildman–Crippen LogP) is 2.30. The molecule has 0 bridgehead atoms. The number of amides is 1. The summed E-state index contributed by atoms with van der Waals surface area (Å²) in [6.45, 7) is 6.28. The van der Waals surface area contributed by atoms with Crippen molar-refractivity contribution >= 4 is 5.91 Å². The van der Waals surface area contributed by atoms with Crippen LogP contribution in [-0.4, -0.2) is 29.4 Å². The first-order chi connectivity index (χ1) is 7.93. The fourth-order valence-corrected chi connectivity index (χ4v) is 3.31. The third kappa shape index (κ3) is 2.82. The number of carbonyl (C=O) groups is 1. The Bertz CT molecular complexity index is 293. The molecule has 2 fully saturated rings. The van der Waals surface area contributed by atoms with Crippen LogP contribution in [0.3, 0.4) is 0 Å². The average molecular weight is 238 g/mol. The van der Waals surface area contributed by atoms with E-state index in [1.54, 1.807) is 0 Å². The van der Waals surface area contributed by atoms with Gasteiger partial charge in [-0.05, 0) is 31.1 Å². The first-order valence-electron chi connectivity index (χ1n) is 7.01. The Morgan fingerprint density at radius 3 is 2.29 bits per heavy atom. The summed E-state index contributed by atoms with van der Waals surface area (Å²) in [6.07, 6.45) is 7.55. The molecule has 0 spiro atoms. The number of nitrogens with zero attached hydrogens (tertiary/aromatic N) is 1. The summed E-state index contributed by atoms with van der Waals surface area (Å²) in [5, 5.41) is 0. The van der Waals surface area contributed by atoms with Crippen LogP contribution in [0, 0.1) is 5.41 Å². The van der Waals surface area contributed by atoms with E-state index >= 15 is 0 Å². The molecule has 1 aliphatic heterocycles.